The fourth-order valence-corrected chi connectivity index (χ4v) is 2.31. The Bertz CT molecular complexity index is 589. The zero-order chi connectivity index (χ0) is 15.4. The molecule has 0 saturated heterocycles. The molecule has 0 spiro atoms. The van der Waals surface area contributed by atoms with Gasteiger partial charge >= 0.3 is 0 Å². The average molecular weight is 290 g/mol. The first-order valence-corrected chi connectivity index (χ1v) is 6.53. The molecule has 3 N–H and O–H groups in total. The Balaban J connectivity index is 2.49. The van der Waals surface area contributed by atoms with Gasteiger partial charge in [0.25, 0.3) is 0 Å². The molecule has 4 nitrogen and oxygen atoms in total. The highest BCUT2D eigenvalue weighted by Gasteiger charge is 2.16. The average Bonchev–Trinajstić information content (AvgIpc) is 2.46. The van der Waals surface area contributed by atoms with Crippen LogP contribution in [0.4, 0.5) is 4.39 Å². The van der Waals surface area contributed by atoms with Crippen molar-refractivity contribution < 1.29 is 13.9 Å². The normalized spacial score (nSPS) is 12.0. The number of ether oxygens (including phenoxy) is 2. The van der Waals surface area contributed by atoms with E-state index in [1.165, 1.54) is 12.1 Å². The molecule has 2 rings (SSSR count). The SMILES string of the molecule is COc1cc(OC)cc(C(NN)c2cc(C)cc(F)c2)c1. The summed E-state index contributed by atoms with van der Waals surface area (Å²) in [5.41, 5.74) is 5.12. The van der Waals surface area contributed by atoms with E-state index < -0.39 is 0 Å². The molecule has 0 aliphatic heterocycles. The molecule has 0 fully saturated rings. The predicted molar refractivity (Wildman–Crippen MR) is 79.8 cm³/mol. The van der Waals surface area contributed by atoms with Crippen molar-refractivity contribution in [3.05, 3.63) is 58.9 Å². The van der Waals surface area contributed by atoms with Crippen LogP contribution in [0.25, 0.3) is 0 Å². The Morgan fingerprint density at radius 3 is 2.00 bits per heavy atom. The number of aryl methyl sites for hydroxylation is 1. The van der Waals surface area contributed by atoms with Crippen molar-refractivity contribution in [2.45, 2.75) is 13.0 Å². The van der Waals surface area contributed by atoms with Gasteiger partial charge in [-0.25, -0.2) is 9.82 Å². The Morgan fingerprint density at radius 1 is 0.952 bits per heavy atom. The van der Waals surface area contributed by atoms with E-state index in [1.807, 2.05) is 25.1 Å². The fourth-order valence-electron chi connectivity index (χ4n) is 2.31. The molecule has 2 aromatic carbocycles. The molecule has 5 heteroatoms. The molecule has 21 heavy (non-hydrogen) atoms. The summed E-state index contributed by atoms with van der Waals surface area (Å²) in [6, 6.07) is 9.92. The summed E-state index contributed by atoms with van der Waals surface area (Å²) in [6.07, 6.45) is 0. The van der Waals surface area contributed by atoms with Crippen LogP contribution in [0.1, 0.15) is 22.7 Å². The Labute approximate surface area is 123 Å². The summed E-state index contributed by atoms with van der Waals surface area (Å²) in [4.78, 5) is 0. The molecule has 0 aromatic heterocycles. The first-order valence-electron chi connectivity index (χ1n) is 6.53. The maximum atomic E-state index is 13.6. The number of methoxy groups -OCH3 is 2. The summed E-state index contributed by atoms with van der Waals surface area (Å²) in [5, 5.41) is 0. The molecule has 0 heterocycles. The lowest BCUT2D eigenvalue weighted by Crippen LogP contribution is -2.29. The molecule has 112 valence electrons. The fraction of sp³-hybridized carbons (Fsp3) is 0.250. The lowest BCUT2D eigenvalue weighted by molar-refractivity contribution is 0.392. The summed E-state index contributed by atoms with van der Waals surface area (Å²) in [5.74, 6) is 6.68. The molecule has 0 aliphatic rings. The predicted octanol–water partition coefficient (Wildman–Crippen LogP) is 2.70. The van der Waals surface area contributed by atoms with E-state index in [0.29, 0.717) is 11.5 Å². The monoisotopic (exact) mass is 290 g/mol. The zero-order valence-electron chi connectivity index (χ0n) is 12.3. The number of hydrazine groups is 1. The van der Waals surface area contributed by atoms with Gasteiger partial charge in [0, 0.05) is 6.07 Å². The Hall–Kier alpha value is -2.11. The highest BCUT2D eigenvalue weighted by molar-refractivity contribution is 5.43. The van der Waals surface area contributed by atoms with Gasteiger partial charge in [-0.15, -0.1) is 0 Å². The number of halogens is 1. The highest BCUT2D eigenvalue weighted by atomic mass is 19.1. The maximum absolute atomic E-state index is 13.6. The van der Waals surface area contributed by atoms with Gasteiger partial charge in [0.15, 0.2) is 0 Å². The van der Waals surface area contributed by atoms with E-state index >= 15 is 0 Å². The number of hydrogen-bond donors (Lipinski definition) is 2. The first-order chi connectivity index (χ1) is 10.1. The van der Waals surface area contributed by atoms with Gasteiger partial charge < -0.3 is 9.47 Å². The second-order valence-electron chi connectivity index (χ2n) is 4.81. The van der Waals surface area contributed by atoms with Crippen LogP contribution in [0.15, 0.2) is 36.4 Å². The molecular formula is C16H19FN2O2. The van der Waals surface area contributed by atoms with Crippen LogP contribution in [-0.4, -0.2) is 14.2 Å². The highest BCUT2D eigenvalue weighted by Crippen LogP contribution is 2.30. The minimum absolute atomic E-state index is 0.292. The third-order valence-electron chi connectivity index (χ3n) is 3.27. The van der Waals surface area contributed by atoms with Crippen LogP contribution < -0.4 is 20.7 Å². The molecule has 1 unspecified atom stereocenters. The molecule has 0 aliphatic carbocycles. The number of hydrogen-bond acceptors (Lipinski definition) is 4. The minimum Gasteiger partial charge on any atom is -0.497 e. The van der Waals surface area contributed by atoms with Crippen molar-refractivity contribution in [3.8, 4) is 11.5 Å². The number of nitrogens with two attached hydrogens (primary N) is 1. The van der Waals surface area contributed by atoms with E-state index in [-0.39, 0.29) is 11.9 Å². The molecular weight excluding hydrogens is 271 g/mol. The third kappa shape index (κ3) is 3.51. The maximum Gasteiger partial charge on any atom is 0.123 e. The van der Waals surface area contributed by atoms with Gasteiger partial charge in [0.05, 0.1) is 20.3 Å². The van der Waals surface area contributed by atoms with Crippen molar-refractivity contribution in [2.75, 3.05) is 14.2 Å². The van der Waals surface area contributed by atoms with Gasteiger partial charge in [-0.1, -0.05) is 6.07 Å². The van der Waals surface area contributed by atoms with Crippen LogP contribution in [0, 0.1) is 12.7 Å². The van der Waals surface area contributed by atoms with E-state index in [1.54, 1.807) is 20.3 Å². The standard InChI is InChI=1S/C16H19FN2O2/c1-10-4-11(6-13(17)5-10)16(19-18)12-7-14(20-2)9-15(8-12)21-3/h4-9,16,19H,18H2,1-3H3. The van der Waals surface area contributed by atoms with Gasteiger partial charge in [-0.3, -0.25) is 5.84 Å². The zero-order valence-corrected chi connectivity index (χ0v) is 12.3. The quantitative estimate of drug-likeness (QED) is 0.656. The van der Waals surface area contributed by atoms with Gasteiger partial charge in [-0.2, -0.15) is 0 Å². The lowest BCUT2D eigenvalue weighted by Gasteiger charge is -2.19. The Morgan fingerprint density at radius 2 is 1.52 bits per heavy atom. The number of nitrogens with one attached hydrogen (secondary N) is 1. The Kier molecular flexibility index (Phi) is 4.77. The van der Waals surface area contributed by atoms with Crippen molar-refractivity contribution in [1.29, 1.82) is 0 Å². The van der Waals surface area contributed by atoms with Crippen LogP contribution in [0.5, 0.6) is 11.5 Å². The second-order valence-corrected chi connectivity index (χ2v) is 4.81. The number of rotatable bonds is 5. The van der Waals surface area contributed by atoms with Gasteiger partial charge in [-0.05, 0) is 47.9 Å². The summed E-state index contributed by atoms with van der Waals surface area (Å²) in [6.45, 7) is 1.84. The molecule has 1 atom stereocenters. The van der Waals surface area contributed by atoms with Crippen LogP contribution in [0.3, 0.4) is 0 Å². The first kappa shape index (κ1) is 15.3. The number of benzene rings is 2. The van der Waals surface area contributed by atoms with Crippen molar-refractivity contribution in [1.82, 2.24) is 5.43 Å². The smallest absolute Gasteiger partial charge is 0.123 e. The summed E-state index contributed by atoms with van der Waals surface area (Å²) in [7, 11) is 3.16. The van der Waals surface area contributed by atoms with Crippen molar-refractivity contribution in [2.24, 2.45) is 5.84 Å². The molecule has 0 bridgehead atoms. The van der Waals surface area contributed by atoms with Crippen LogP contribution in [-0.2, 0) is 0 Å². The van der Waals surface area contributed by atoms with E-state index in [2.05, 4.69) is 5.43 Å². The third-order valence-corrected chi connectivity index (χ3v) is 3.27. The van der Waals surface area contributed by atoms with Crippen molar-refractivity contribution in [3.63, 3.8) is 0 Å². The van der Waals surface area contributed by atoms with Crippen LogP contribution >= 0.6 is 0 Å². The van der Waals surface area contributed by atoms with Crippen molar-refractivity contribution >= 4 is 0 Å². The van der Waals surface area contributed by atoms with E-state index in [9.17, 15) is 4.39 Å². The largest absolute Gasteiger partial charge is 0.497 e. The molecule has 2 aromatic rings. The second kappa shape index (κ2) is 6.56. The topological polar surface area (TPSA) is 56.5 Å². The van der Waals surface area contributed by atoms with Crippen LogP contribution in [0.2, 0.25) is 0 Å². The van der Waals surface area contributed by atoms with E-state index in [0.717, 1.165) is 16.7 Å². The molecule has 0 amide bonds. The minimum atomic E-state index is -0.358. The summed E-state index contributed by atoms with van der Waals surface area (Å²) < 4.78 is 24.1. The molecule has 0 radical (unpaired) electrons. The summed E-state index contributed by atoms with van der Waals surface area (Å²) >= 11 is 0. The van der Waals surface area contributed by atoms with Gasteiger partial charge in [0.1, 0.15) is 17.3 Å². The lowest BCUT2D eigenvalue weighted by atomic mass is 9.97. The van der Waals surface area contributed by atoms with E-state index in [4.69, 9.17) is 15.3 Å². The van der Waals surface area contributed by atoms with Gasteiger partial charge in [0.2, 0.25) is 0 Å². The molecule has 0 saturated carbocycles.